The number of esters is 2. The summed E-state index contributed by atoms with van der Waals surface area (Å²) in [5, 5.41) is -0.640. The van der Waals surface area contributed by atoms with Gasteiger partial charge in [-0.1, -0.05) is 0 Å². The number of hydrogen-bond donors (Lipinski definition) is 3. The topological polar surface area (TPSA) is 122 Å². The number of ether oxygens (including phenoxy) is 4. The standard InChI is InChI=1S/C21H34O9S3/c22-17(7-1-3-9-19(24)31)29-14-16(30-18(23)8-2-4-10-20(25)32)13-28-15-27-12-6-5-11-21(26)33/h16H,1-15H2,(H,24,31)(H,25,32)(H,26,33). The molecule has 0 aromatic heterocycles. The molecule has 0 aromatic rings. The van der Waals surface area contributed by atoms with E-state index in [0.717, 1.165) is 0 Å². The van der Waals surface area contributed by atoms with E-state index in [1.54, 1.807) is 0 Å². The maximum atomic E-state index is 12.1. The molecule has 0 bridgehead atoms. The van der Waals surface area contributed by atoms with Gasteiger partial charge in [-0.2, -0.15) is 0 Å². The van der Waals surface area contributed by atoms with Gasteiger partial charge in [0, 0.05) is 38.7 Å². The Bertz CT molecular complexity index is 614. The second-order valence-corrected chi connectivity index (χ2v) is 8.74. The Balaban J connectivity index is 4.29. The molecule has 0 spiro atoms. The van der Waals surface area contributed by atoms with E-state index in [1.807, 2.05) is 0 Å². The summed E-state index contributed by atoms with van der Waals surface area (Å²) in [6.45, 7) is 0.157. The molecule has 0 saturated heterocycles. The van der Waals surface area contributed by atoms with Gasteiger partial charge in [-0.25, -0.2) is 0 Å². The van der Waals surface area contributed by atoms with Crippen molar-refractivity contribution >= 4 is 65.2 Å². The lowest BCUT2D eigenvalue weighted by Crippen LogP contribution is -2.30. The third-order valence-electron chi connectivity index (χ3n) is 4.17. The van der Waals surface area contributed by atoms with E-state index in [0.29, 0.717) is 51.6 Å². The number of thiol groups is 3. The maximum Gasteiger partial charge on any atom is 0.306 e. The van der Waals surface area contributed by atoms with Gasteiger partial charge in [0.1, 0.15) is 13.4 Å². The van der Waals surface area contributed by atoms with Crippen LogP contribution < -0.4 is 0 Å². The number of carbonyl (C=O) groups is 5. The minimum atomic E-state index is -0.808. The first-order valence-corrected chi connectivity index (χ1v) is 12.2. The number of carbonyl (C=O) groups excluding carboxylic acids is 5. The molecule has 0 saturated carbocycles. The van der Waals surface area contributed by atoms with Gasteiger partial charge < -0.3 is 18.9 Å². The molecule has 0 N–H and O–H groups in total. The Hall–Kier alpha value is -1.08. The summed E-state index contributed by atoms with van der Waals surface area (Å²) < 4.78 is 21.2. The van der Waals surface area contributed by atoms with Crippen LogP contribution >= 0.6 is 37.9 Å². The minimum Gasteiger partial charge on any atom is -0.462 e. The molecular weight excluding hydrogens is 492 g/mol. The van der Waals surface area contributed by atoms with E-state index >= 15 is 0 Å². The van der Waals surface area contributed by atoms with Gasteiger partial charge in [0.25, 0.3) is 0 Å². The Morgan fingerprint density at radius 2 is 1.06 bits per heavy atom. The predicted molar refractivity (Wildman–Crippen MR) is 130 cm³/mol. The zero-order valence-electron chi connectivity index (χ0n) is 18.7. The summed E-state index contributed by atoms with van der Waals surface area (Å²) in [6, 6.07) is 0. The fourth-order valence-electron chi connectivity index (χ4n) is 2.49. The molecule has 0 heterocycles. The first-order valence-electron chi connectivity index (χ1n) is 10.9. The monoisotopic (exact) mass is 526 g/mol. The summed E-state index contributed by atoms with van der Waals surface area (Å²) in [5.74, 6) is -0.958. The molecule has 0 rings (SSSR count). The van der Waals surface area contributed by atoms with Gasteiger partial charge in [-0.15, -0.1) is 37.9 Å². The van der Waals surface area contributed by atoms with E-state index < -0.39 is 18.0 Å². The summed E-state index contributed by atoms with van der Waals surface area (Å²) in [6.07, 6.45) is 3.75. The van der Waals surface area contributed by atoms with E-state index in [1.165, 1.54) is 0 Å². The van der Waals surface area contributed by atoms with Crippen molar-refractivity contribution in [3.05, 3.63) is 0 Å². The lowest BCUT2D eigenvalue weighted by atomic mass is 10.2. The van der Waals surface area contributed by atoms with Crippen LogP contribution in [0.15, 0.2) is 0 Å². The molecule has 0 fully saturated rings. The van der Waals surface area contributed by atoms with Crippen LogP contribution in [0.5, 0.6) is 0 Å². The smallest absolute Gasteiger partial charge is 0.306 e. The molecule has 9 nitrogen and oxygen atoms in total. The summed E-state index contributed by atoms with van der Waals surface area (Å²) in [4.78, 5) is 56.3. The highest BCUT2D eigenvalue weighted by Crippen LogP contribution is 2.08. The van der Waals surface area contributed by atoms with Gasteiger partial charge in [0.05, 0.1) is 6.61 Å². The Morgan fingerprint density at radius 1 is 0.576 bits per heavy atom. The lowest BCUT2D eigenvalue weighted by Gasteiger charge is -2.18. The van der Waals surface area contributed by atoms with Crippen molar-refractivity contribution in [1.82, 2.24) is 0 Å². The number of hydrogen-bond acceptors (Lipinski definition) is 9. The molecule has 0 amide bonds. The van der Waals surface area contributed by atoms with Crippen molar-refractivity contribution in [2.75, 3.05) is 26.6 Å². The Labute approximate surface area is 211 Å². The van der Waals surface area contributed by atoms with E-state index in [-0.39, 0.29) is 61.0 Å². The fraction of sp³-hybridized carbons (Fsp3) is 0.762. The van der Waals surface area contributed by atoms with Crippen molar-refractivity contribution in [3.8, 4) is 0 Å². The fourth-order valence-corrected chi connectivity index (χ4v) is 2.96. The highest BCUT2D eigenvalue weighted by atomic mass is 32.1. The van der Waals surface area contributed by atoms with Crippen molar-refractivity contribution in [3.63, 3.8) is 0 Å². The van der Waals surface area contributed by atoms with Crippen LogP contribution in [0.2, 0.25) is 0 Å². The Kier molecular flexibility index (Phi) is 20.8. The quantitative estimate of drug-likeness (QED) is 0.0845. The molecular formula is C21H34O9S3. The zero-order valence-corrected chi connectivity index (χ0v) is 21.4. The molecule has 1 unspecified atom stereocenters. The SMILES string of the molecule is O=C(S)CCCCOCOCC(COC(=O)CCCCC(=O)S)OC(=O)CCCCC(=O)S. The molecule has 12 heteroatoms. The third kappa shape index (κ3) is 23.9. The highest BCUT2D eigenvalue weighted by Gasteiger charge is 2.18. The van der Waals surface area contributed by atoms with Crippen LogP contribution in [-0.2, 0) is 42.9 Å². The van der Waals surface area contributed by atoms with Crippen LogP contribution in [0.25, 0.3) is 0 Å². The number of rotatable bonds is 22. The first-order chi connectivity index (χ1) is 15.7. The molecule has 0 radical (unpaired) electrons. The van der Waals surface area contributed by atoms with Crippen LogP contribution in [0.1, 0.15) is 70.6 Å². The first kappa shape index (κ1) is 31.9. The van der Waals surface area contributed by atoms with Crippen molar-refractivity contribution < 1.29 is 42.9 Å². The minimum absolute atomic E-state index is 0.0303. The van der Waals surface area contributed by atoms with Crippen LogP contribution in [-0.4, -0.2) is 60.0 Å². The summed E-state index contributed by atoms with van der Waals surface area (Å²) in [7, 11) is 0. The molecule has 190 valence electrons. The summed E-state index contributed by atoms with van der Waals surface area (Å²) >= 11 is 11.0. The van der Waals surface area contributed by atoms with Gasteiger partial charge in [0.15, 0.2) is 21.4 Å². The van der Waals surface area contributed by atoms with E-state index in [9.17, 15) is 24.0 Å². The highest BCUT2D eigenvalue weighted by molar-refractivity contribution is 7.97. The molecule has 0 aliphatic heterocycles. The maximum absolute atomic E-state index is 12.1. The molecule has 0 aliphatic carbocycles. The molecule has 0 aromatic carbocycles. The van der Waals surface area contributed by atoms with Crippen molar-refractivity contribution in [1.29, 1.82) is 0 Å². The lowest BCUT2D eigenvalue weighted by molar-refractivity contribution is -0.166. The van der Waals surface area contributed by atoms with Crippen molar-refractivity contribution in [2.24, 2.45) is 0 Å². The predicted octanol–water partition coefficient (Wildman–Crippen LogP) is 3.09. The van der Waals surface area contributed by atoms with Gasteiger partial charge in [-0.3, -0.25) is 24.0 Å². The van der Waals surface area contributed by atoms with Gasteiger partial charge >= 0.3 is 11.9 Å². The van der Waals surface area contributed by atoms with Crippen molar-refractivity contribution in [2.45, 2.75) is 76.7 Å². The third-order valence-corrected chi connectivity index (χ3v) is 4.84. The second kappa shape index (κ2) is 21.5. The Morgan fingerprint density at radius 3 is 1.61 bits per heavy atom. The number of unbranched alkanes of at least 4 members (excludes halogenated alkanes) is 3. The second-order valence-electron chi connectivity index (χ2n) is 7.24. The van der Waals surface area contributed by atoms with E-state index in [4.69, 9.17) is 18.9 Å². The van der Waals surface area contributed by atoms with Crippen LogP contribution in [0.4, 0.5) is 0 Å². The largest absolute Gasteiger partial charge is 0.462 e. The zero-order chi connectivity index (χ0) is 24.9. The average Bonchev–Trinajstić information content (AvgIpc) is 2.73. The van der Waals surface area contributed by atoms with Crippen LogP contribution in [0, 0.1) is 0 Å². The van der Waals surface area contributed by atoms with Gasteiger partial charge in [0.2, 0.25) is 0 Å². The molecule has 1 atom stereocenters. The van der Waals surface area contributed by atoms with E-state index in [2.05, 4.69) is 37.9 Å². The van der Waals surface area contributed by atoms with Crippen LogP contribution in [0.3, 0.4) is 0 Å². The normalized spacial score (nSPS) is 11.6. The van der Waals surface area contributed by atoms with Gasteiger partial charge in [-0.05, 0) is 38.5 Å². The molecule has 33 heavy (non-hydrogen) atoms. The summed E-state index contributed by atoms with van der Waals surface area (Å²) in [5.41, 5.74) is 0. The molecule has 0 aliphatic rings. The average molecular weight is 527 g/mol.